The van der Waals surface area contributed by atoms with Crippen LogP contribution in [0.1, 0.15) is 21.6 Å². The summed E-state index contributed by atoms with van der Waals surface area (Å²) in [4.78, 5) is 18.6. The van der Waals surface area contributed by atoms with Crippen molar-refractivity contribution in [2.24, 2.45) is 0 Å². The van der Waals surface area contributed by atoms with Gasteiger partial charge >= 0.3 is 0 Å². The van der Waals surface area contributed by atoms with Crippen molar-refractivity contribution in [1.82, 2.24) is 4.98 Å². The third kappa shape index (κ3) is 6.63. The van der Waals surface area contributed by atoms with Crippen molar-refractivity contribution in [2.75, 3.05) is 23.0 Å². The molecule has 29 heavy (non-hydrogen) atoms. The number of thiazole rings is 1. The first-order valence-electron chi connectivity index (χ1n) is 9.10. The van der Waals surface area contributed by atoms with Gasteiger partial charge in [-0.2, -0.15) is 17.9 Å². The third-order valence-corrected chi connectivity index (χ3v) is 5.25. The van der Waals surface area contributed by atoms with Crippen LogP contribution in [0.4, 0.5) is 10.9 Å². The number of amides is 1. The molecule has 7 heteroatoms. The lowest BCUT2D eigenvalue weighted by molar-refractivity contribution is -0.105. The van der Waals surface area contributed by atoms with Gasteiger partial charge < -0.3 is 10.2 Å². The summed E-state index contributed by atoms with van der Waals surface area (Å²) in [6, 6.07) is 20.1. The van der Waals surface area contributed by atoms with Gasteiger partial charge in [0.2, 0.25) is 6.41 Å². The zero-order chi connectivity index (χ0) is 21.1. The second kappa shape index (κ2) is 11.9. The summed E-state index contributed by atoms with van der Waals surface area (Å²) in [6.07, 6.45) is 3.19. The fourth-order valence-electron chi connectivity index (χ4n) is 2.76. The summed E-state index contributed by atoms with van der Waals surface area (Å²) in [5.74, 6) is 0.612. The number of aromatic nitrogens is 1. The highest BCUT2D eigenvalue weighted by Gasteiger charge is 2.15. The van der Waals surface area contributed by atoms with E-state index in [9.17, 15) is 4.79 Å². The van der Waals surface area contributed by atoms with E-state index in [1.807, 2.05) is 49.4 Å². The molecule has 0 aliphatic carbocycles. The molecule has 0 aliphatic rings. The maximum absolute atomic E-state index is 10.8. The zero-order valence-corrected chi connectivity index (χ0v) is 18.2. The van der Waals surface area contributed by atoms with Gasteiger partial charge in [0.05, 0.1) is 11.6 Å². The van der Waals surface area contributed by atoms with Crippen molar-refractivity contribution in [1.29, 1.82) is 5.26 Å². The van der Waals surface area contributed by atoms with Crippen molar-refractivity contribution in [3.8, 4) is 6.07 Å². The normalized spacial score (nSPS) is 9.72. The Balaban J connectivity index is 0.00000145. The van der Waals surface area contributed by atoms with Crippen LogP contribution in [0.25, 0.3) is 0 Å². The Morgan fingerprint density at radius 1 is 1.14 bits per heavy atom. The molecule has 0 aliphatic heterocycles. The van der Waals surface area contributed by atoms with Crippen LogP contribution in [-0.2, 0) is 17.8 Å². The van der Waals surface area contributed by atoms with Gasteiger partial charge in [-0.15, -0.1) is 0 Å². The van der Waals surface area contributed by atoms with Crippen molar-refractivity contribution < 1.29 is 4.79 Å². The maximum atomic E-state index is 10.8. The molecule has 1 aromatic heterocycles. The lowest BCUT2D eigenvalue weighted by atomic mass is 10.1. The monoisotopic (exact) mass is 424 g/mol. The lowest BCUT2D eigenvalue weighted by Crippen LogP contribution is -2.25. The van der Waals surface area contributed by atoms with Crippen LogP contribution in [-0.4, -0.2) is 24.2 Å². The van der Waals surface area contributed by atoms with Crippen molar-refractivity contribution in [3.05, 3.63) is 76.2 Å². The van der Waals surface area contributed by atoms with Crippen LogP contribution in [0.15, 0.2) is 54.6 Å². The Kier molecular flexibility index (Phi) is 9.22. The summed E-state index contributed by atoms with van der Waals surface area (Å²) in [5, 5.41) is 12.5. The van der Waals surface area contributed by atoms with Crippen molar-refractivity contribution in [3.63, 3.8) is 0 Å². The minimum Gasteiger partial charge on any atom is -0.343 e. The number of benzene rings is 2. The largest absolute Gasteiger partial charge is 0.343 e. The molecular formula is C22H24N4OS2. The fraction of sp³-hybridized carbons (Fsp3) is 0.227. The van der Waals surface area contributed by atoms with E-state index in [1.54, 1.807) is 17.6 Å². The van der Waals surface area contributed by atoms with Crippen molar-refractivity contribution >= 4 is 41.3 Å². The molecular weight excluding hydrogens is 400 g/mol. The smallest absolute Gasteiger partial charge is 0.212 e. The number of aryl methyl sites for hydroxylation is 1. The quantitative estimate of drug-likeness (QED) is 0.407. The highest BCUT2D eigenvalue weighted by atomic mass is 32.1. The average molecular weight is 425 g/mol. The molecule has 2 aromatic carbocycles. The van der Waals surface area contributed by atoms with E-state index in [2.05, 4.69) is 46.0 Å². The van der Waals surface area contributed by atoms with Gasteiger partial charge in [-0.05, 0) is 42.9 Å². The molecule has 3 rings (SSSR count). The number of hydrogen-bond donors (Lipinski definition) is 2. The molecule has 0 bridgehead atoms. The number of nitrogens with one attached hydrogen (secondary N) is 1. The van der Waals surface area contributed by atoms with E-state index in [1.165, 1.54) is 11.1 Å². The first-order chi connectivity index (χ1) is 14.2. The van der Waals surface area contributed by atoms with Crippen LogP contribution in [0.2, 0.25) is 0 Å². The minimum absolute atomic E-state index is 0.612. The molecule has 5 nitrogen and oxygen atoms in total. The fourth-order valence-corrected chi connectivity index (χ4v) is 3.66. The number of thiol groups is 1. The van der Waals surface area contributed by atoms with Crippen LogP contribution in [0.3, 0.4) is 0 Å². The average Bonchev–Trinajstić information content (AvgIpc) is 3.14. The standard InChI is InChI=1S/C21H20N4OS.CH4S/c1-16-20(23-15-26)24-21(27-16)25(14-19-5-3-2-4-6-19)12-11-17-7-9-18(13-22)10-8-17;1-2/h2-10,15H,11-12,14H2,1H3,(H,23,26);2H,1H3. The van der Waals surface area contributed by atoms with Crippen LogP contribution >= 0.6 is 24.0 Å². The topological polar surface area (TPSA) is 69.0 Å². The molecule has 0 fully saturated rings. The maximum Gasteiger partial charge on any atom is 0.212 e. The van der Waals surface area contributed by atoms with E-state index >= 15 is 0 Å². The number of anilines is 2. The lowest BCUT2D eigenvalue weighted by Gasteiger charge is -2.22. The number of carbonyl (C=O) groups is 1. The number of carbonyl (C=O) groups excluding carboxylic acids is 1. The highest BCUT2D eigenvalue weighted by molar-refractivity contribution is 7.79. The zero-order valence-electron chi connectivity index (χ0n) is 16.5. The molecule has 150 valence electrons. The third-order valence-electron chi connectivity index (χ3n) is 4.22. The summed E-state index contributed by atoms with van der Waals surface area (Å²) >= 11 is 5.10. The molecule has 0 saturated carbocycles. The van der Waals surface area contributed by atoms with Crippen molar-refractivity contribution in [2.45, 2.75) is 19.9 Å². The number of hydrogen-bond acceptors (Lipinski definition) is 6. The molecule has 0 unspecified atom stereocenters. The number of nitriles is 1. The highest BCUT2D eigenvalue weighted by Crippen LogP contribution is 2.30. The van der Waals surface area contributed by atoms with Gasteiger partial charge in [0.15, 0.2) is 5.13 Å². The van der Waals surface area contributed by atoms with E-state index in [4.69, 9.17) is 5.26 Å². The van der Waals surface area contributed by atoms with Gasteiger partial charge in [0, 0.05) is 18.0 Å². The second-order valence-corrected chi connectivity index (χ2v) is 7.31. The second-order valence-electron chi connectivity index (χ2n) is 6.13. The van der Waals surface area contributed by atoms with Gasteiger partial charge in [-0.3, -0.25) is 4.79 Å². The number of rotatable bonds is 8. The van der Waals surface area contributed by atoms with Crippen LogP contribution < -0.4 is 10.2 Å². The van der Waals surface area contributed by atoms with Gasteiger partial charge in [0.1, 0.15) is 5.82 Å². The first-order valence-corrected chi connectivity index (χ1v) is 10.8. The first kappa shape index (κ1) is 22.5. The summed E-state index contributed by atoms with van der Waals surface area (Å²) in [6.45, 7) is 3.48. The van der Waals surface area contributed by atoms with E-state index in [0.29, 0.717) is 17.8 Å². The van der Waals surface area contributed by atoms with Gasteiger partial charge in [0.25, 0.3) is 0 Å². The summed E-state index contributed by atoms with van der Waals surface area (Å²) < 4.78 is 0. The van der Waals surface area contributed by atoms with Gasteiger partial charge in [-0.25, -0.2) is 4.98 Å². The number of nitrogens with zero attached hydrogens (tertiary/aromatic N) is 3. The Morgan fingerprint density at radius 2 is 1.83 bits per heavy atom. The summed E-state index contributed by atoms with van der Waals surface area (Å²) in [7, 11) is 0. The van der Waals surface area contributed by atoms with E-state index in [0.717, 1.165) is 29.5 Å². The van der Waals surface area contributed by atoms with Crippen LogP contribution in [0, 0.1) is 18.3 Å². The van der Waals surface area contributed by atoms with E-state index in [-0.39, 0.29) is 0 Å². The molecule has 1 heterocycles. The predicted octanol–water partition coefficient (Wildman–Crippen LogP) is 4.69. The molecule has 0 spiro atoms. The SMILES string of the molecule is CS.Cc1sc(N(CCc2ccc(C#N)cc2)Cc2ccccc2)nc1NC=O. The van der Waals surface area contributed by atoms with Crippen LogP contribution in [0.5, 0.6) is 0 Å². The molecule has 3 aromatic rings. The Hall–Kier alpha value is -2.82. The molecule has 1 amide bonds. The van der Waals surface area contributed by atoms with E-state index < -0.39 is 0 Å². The molecule has 1 N–H and O–H groups in total. The summed E-state index contributed by atoms with van der Waals surface area (Å²) in [5.41, 5.74) is 3.04. The Labute approximate surface area is 181 Å². The molecule has 0 radical (unpaired) electrons. The molecule has 0 saturated heterocycles. The Bertz CT molecular complexity index is 934. The minimum atomic E-state index is 0.612. The Morgan fingerprint density at radius 3 is 2.45 bits per heavy atom. The predicted molar refractivity (Wildman–Crippen MR) is 124 cm³/mol. The molecule has 0 atom stereocenters. The van der Waals surface area contributed by atoms with Gasteiger partial charge in [-0.1, -0.05) is 53.8 Å².